The normalized spacial score (nSPS) is 9.73. The van der Waals surface area contributed by atoms with Crippen molar-refractivity contribution in [1.29, 1.82) is 0 Å². The van der Waals surface area contributed by atoms with E-state index in [0.29, 0.717) is 37.4 Å². The highest BCUT2D eigenvalue weighted by molar-refractivity contribution is 7.99. The first-order valence-corrected chi connectivity index (χ1v) is 5.97. The fourth-order valence-corrected chi connectivity index (χ4v) is 1.50. The number of ether oxygens (including phenoxy) is 1. The highest BCUT2D eigenvalue weighted by Crippen LogP contribution is 1.98. The van der Waals surface area contributed by atoms with Crippen LogP contribution in [0.1, 0.15) is 12.8 Å². The van der Waals surface area contributed by atoms with Gasteiger partial charge in [-0.25, -0.2) is 0 Å². The standard InChI is InChI=1S/C9H18N2O3S/c1-14-9(13)7-15-6-5-11-8(12)3-2-4-10/h2-7,10H2,1H3,(H,11,12). The van der Waals surface area contributed by atoms with Crippen LogP contribution in [-0.2, 0) is 14.3 Å². The predicted octanol–water partition coefficient (Wildman–Crippen LogP) is -0.252. The molecule has 1 amide bonds. The van der Waals surface area contributed by atoms with Crippen LogP contribution in [0.15, 0.2) is 0 Å². The Kier molecular flexibility index (Phi) is 9.30. The SMILES string of the molecule is COC(=O)CSCCNC(=O)CCCN. The third kappa shape index (κ3) is 9.55. The second kappa shape index (κ2) is 9.79. The first-order valence-electron chi connectivity index (χ1n) is 4.82. The van der Waals surface area contributed by atoms with Gasteiger partial charge in [-0.1, -0.05) is 0 Å². The van der Waals surface area contributed by atoms with Gasteiger partial charge in [0.05, 0.1) is 12.9 Å². The molecule has 0 aromatic heterocycles. The summed E-state index contributed by atoms with van der Waals surface area (Å²) in [5.74, 6) is 0.812. The zero-order valence-electron chi connectivity index (χ0n) is 8.95. The Morgan fingerprint density at radius 3 is 2.80 bits per heavy atom. The fourth-order valence-electron chi connectivity index (χ4n) is 0.828. The largest absolute Gasteiger partial charge is 0.468 e. The number of carbonyl (C=O) groups is 2. The summed E-state index contributed by atoms with van der Waals surface area (Å²) in [6.45, 7) is 1.11. The van der Waals surface area contributed by atoms with Gasteiger partial charge in [-0.2, -0.15) is 0 Å². The monoisotopic (exact) mass is 234 g/mol. The minimum atomic E-state index is -0.241. The summed E-state index contributed by atoms with van der Waals surface area (Å²) in [5, 5.41) is 2.74. The molecule has 0 heterocycles. The van der Waals surface area contributed by atoms with Crippen LogP contribution in [-0.4, -0.2) is 43.6 Å². The van der Waals surface area contributed by atoms with Crippen LogP contribution in [0.5, 0.6) is 0 Å². The van der Waals surface area contributed by atoms with Gasteiger partial charge in [0, 0.05) is 18.7 Å². The number of nitrogens with two attached hydrogens (primary N) is 1. The van der Waals surface area contributed by atoms with Crippen molar-refractivity contribution in [3.05, 3.63) is 0 Å². The maximum Gasteiger partial charge on any atom is 0.315 e. The first kappa shape index (κ1) is 14.2. The number of nitrogens with one attached hydrogen (secondary N) is 1. The molecule has 3 N–H and O–H groups in total. The van der Waals surface area contributed by atoms with Crippen LogP contribution in [0, 0.1) is 0 Å². The highest BCUT2D eigenvalue weighted by atomic mass is 32.2. The lowest BCUT2D eigenvalue weighted by molar-refractivity contribution is -0.137. The highest BCUT2D eigenvalue weighted by Gasteiger charge is 2.01. The van der Waals surface area contributed by atoms with Crippen LogP contribution in [0.4, 0.5) is 0 Å². The number of hydrogen-bond donors (Lipinski definition) is 2. The zero-order valence-corrected chi connectivity index (χ0v) is 9.77. The Balaban J connectivity index is 3.23. The van der Waals surface area contributed by atoms with Gasteiger partial charge in [0.15, 0.2) is 0 Å². The lowest BCUT2D eigenvalue weighted by Gasteiger charge is -2.03. The first-order chi connectivity index (χ1) is 7.20. The van der Waals surface area contributed by atoms with Crippen molar-refractivity contribution < 1.29 is 14.3 Å². The van der Waals surface area contributed by atoms with Crippen molar-refractivity contribution >= 4 is 23.6 Å². The summed E-state index contributed by atoms with van der Waals surface area (Å²) in [6, 6.07) is 0. The smallest absolute Gasteiger partial charge is 0.315 e. The number of carbonyl (C=O) groups excluding carboxylic acids is 2. The molecule has 0 radical (unpaired) electrons. The van der Waals surface area contributed by atoms with Gasteiger partial charge in [0.2, 0.25) is 5.91 Å². The van der Waals surface area contributed by atoms with E-state index >= 15 is 0 Å². The van der Waals surface area contributed by atoms with E-state index in [4.69, 9.17) is 5.73 Å². The van der Waals surface area contributed by atoms with Crippen molar-refractivity contribution in [1.82, 2.24) is 5.32 Å². The van der Waals surface area contributed by atoms with Gasteiger partial charge in [0.1, 0.15) is 0 Å². The topological polar surface area (TPSA) is 81.4 Å². The molecule has 88 valence electrons. The van der Waals surface area contributed by atoms with Gasteiger partial charge < -0.3 is 15.8 Å². The molecule has 0 fully saturated rings. The molecule has 0 bridgehead atoms. The average molecular weight is 234 g/mol. The summed E-state index contributed by atoms with van der Waals surface area (Å²) < 4.78 is 4.47. The molecule has 0 spiro atoms. The van der Waals surface area contributed by atoms with E-state index in [1.807, 2.05) is 0 Å². The number of amides is 1. The van der Waals surface area contributed by atoms with Gasteiger partial charge in [-0.05, 0) is 13.0 Å². The number of esters is 1. The van der Waals surface area contributed by atoms with Crippen molar-refractivity contribution in [2.45, 2.75) is 12.8 Å². The molecule has 0 aliphatic carbocycles. The van der Waals surface area contributed by atoms with Crippen LogP contribution >= 0.6 is 11.8 Å². The number of methoxy groups -OCH3 is 1. The van der Waals surface area contributed by atoms with E-state index in [9.17, 15) is 9.59 Å². The Morgan fingerprint density at radius 1 is 1.47 bits per heavy atom. The predicted molar refractivity (Wildman–Crippen MR) is 60.6 cm³/mol. The van der Waals surface area contributed by atoms with Crippen molar-refractivity contribution in [3.8, 4) is 0 Å². The van der Waals surface area contributed by atoms with Crippen LogP contribution in [0.25, 0.3) is 0 Å². The second-order valence-electron chi connectivity index (χ2n) is 2.87. The summed E-state index contributed by atoms with van der Waals surface area (Å²) >= 11 is 1.44. The van der Waals surface area contributed by atoms with Gasteiger partial charge in [0.25, 0.3) is 0 Å². The Morgan fingerprint density at radius 2 is 2.20 bits per heavy atom. The maximum absolute atomic E-state index is 11.1. The molecule has 0 unspecified atom stereocenters. The second-order valence-corrected chi connectivity index (χ2v) is 3.98. The number of thioether (sulfide) groups is 1. The molecule has 0 aromatic rings. The quantitative estimate of drug-likeness (QED) is 0.447. The third-order valence-corrected chi connectivity index (χ3v) is 2.56. The van der Waals surface area contributed by atoms with Gasteiger partial charge in [-0.15, -0.1) is 11.8 Å². The average Bonchev–Trinajstić information content (AvgIpc) is 2.25. The molecule has 0 saturated heterocycles. The summed E-state index contributed by atoms with van der Waals surface area (Å²) in [6.07, 6.45) is 1.18. The molecule has 5 nitrogen and oxygen atoms in total. The fraction of sp³-hybridized carbons (Fsp3) is 0.778. The van der Waals surface area contributed by atoms with E-state index < -0.39 is 0 Å². The Hall–Kier alpha value is -0.750. The molecule has 15 heavy (non-hydrogen) atoms. The molecule has 0 aliphatic heterocycles. The summed E-state index contributed by atoms with van der Waals surface area (Å²) in [4.78, 5) is 21.8. The van der Waals surface area contributed by atoms with Gasteiger partial charge >= 0.3 is 5.97 Å². The number of hydrogen-bond acceptors (Lipinski definition) is 5. The van der Waals surface area contributed by atoms with Crippen molar-refractivity contribution in [2.75, 3.05) is 31.7 Å². The van der Waals surface area contributed by atoms with E-state index in [2.05, 4.69) is 10.1 Å². The summed E-state index contributed by atoms with van der Waals surface area (Å²) in [5.41, 5.74) is 5.27. The molecule has 0 saturated carbocycles. The Bertz CT molecular complexity index is 200. The maximum atomic E-state index is 11.1. The van der Waals surface area contributed by atoms with E-state index in [1.165, 1.54) is 18.9 Å². The molecular weight excluding hydrogens is 216 g/mol. The number of rotatable bonds is 8. The van der Waals surface area contributed by atoms with Gasteiger partial charge in [-0.3, -0.25) is 9.59 Å². The van der Waals surface area contributed by atoms with Crippen molar-refractivity contribution in [3.63, 3.8) is 0 Å². The van der Waals surface area contributed by atoms with Crippen LogP contribution in [0.3, 0.4) is 0 Å². The third-order valence-electron chi connectivity index (χ3n) is 1.62. The molecule has 6 heteroatoms. The molecule has 0 rings (SSSR count). The lowest BCUT2D eigenvalue weighted by atomic mass is 10.3. The van der Waals surface area contributed by atoms with E-state index in [1.54, 1.807) is 0 Å². The zero-order chi connectivity index (χ0) is 11.5. The van der Waals surface area contributed by atoms with Crippen molar-refractivity contribution in [2.24, 2.45) is 5.73 Å². The molecule has 0 atom stereocenters. The molecule has 0 aromatic carbocycles. The molecule has 0 aliphatic rings. The summed E-state index contributed by atoms with van der Waals surface area (Å²) in [7, 11) is 1.36. The van der Waals surface area contributed by atoms with Crippen LogP contribution < -0.4 is 11.1 Å². The van der Waals surface area contributed by atoms with E-state index in [-0.39, 0.29) is 11.9 Å². The Labute approximate surface area is 94.1 Å². The lowest BCUT2D eigenvalue weighted by Crippen LogP contribution is -2.26. The minimum absolute atomic E-state index is 0.0131. The van der Waals surface area contributed by atoms with Crippen LogP contribution in [0.2, 0.25) is 0 Å². The molecular formula is C9H18N2O3S. The minimum Gasteiger partial charge on any atom is -0.468 e. The van der Waals surface area contributed by atoms with E-state index in [0.717, 1.165) is 0 Å².